The van der Waals surface area contributed by atoms with Gasteiger partial charge in [0.2, 0.25) is 0 Å². The fourth-order valence-corrected chi connectivity index (χ4v) is 4.25. The minimum absolute atomic E-state index is 0.209. The summed E-state index contributed by atoms with van der Waals surface area (Å²) >= 11 is 1.29. The first-order valence-corrected chi connectivity index (χ1v) is 8.52. The van der Waals surface area contributed by atoms with Gasteiger partial charge in [-0.15, -0.1) is 11.3 Å². The molecule has 2 N–H and O–H groups in total. The summed E-state index contributed by atoms with van der Waals surface area (Å²) in [6, 6.07) is 2.15. The predicted octanol–water partition coefficient (Wildman–Crippen LogP) is 2.08. The SMILES string of the molecule is CC(C)NCc1csc(S(=O)(=O)NC2(C)CC2)c1. The van der Waals surface area contributed by atoms with Crippen molar-refractivity contribution in [2.24, 2.45) is 0 Å². The third-order valence-electron chi connectivity index (χ3n) is 2.99. The topological polar surface area (TPSA) is 58.2 Å². The molecule has 1 aliphatic carbocycles. The zero-order valence-corrected chi connectivity index (χ0v) is 12.6. The van der Waals surface area contributed by atoms with Crippen LogP contribution >= 0.6 is 11.3 Å². The molecule has 0 spiro atoms. The smallest absolute Gasteiger partial charge is 0.250 e. The van der Waals surface area contributed by atoms with Crippen molar-refractivity contribution in [3.05, 3.63) is 17.0 Å². The van der Waals surface area contributed by atoms with Gasteiger partial charge in [0.15, 0.2) is 0 Å². The third kappa shape index (κ3) is 3.54. The molecule has 0 aliphatic heterocycles. The fraction of sp³-hybridized carbons (Fsp3) is 0.667. The lowest BCUT2D eigenvalue weighted by molar-refractivity contribution is 0.560. The largest absolute Gasteiger partial charge is 0.310 e. The average Bonchev–Trinajstić information content (AvgIpc) is 2.81. The highest BCUT2D eigenvalue weighted by Crippen LogP contribution is 2.36. The molecule has 4 nitrogen and oxygen atoms in total. The molecule has 1 aromatic heterocycles. The van der Waals surface area contributed by atoms with Crippen LogP contribution in [0.1, 0.15) is 39.2 Å². The summed E-state index contributed by atoms with van der Waals surface area (Å²) < 4.78 is 27.4. The molecule has 0 unspecified atom stereocenters. The summed E-state index contributed by atoms with van der Waals surface area (Å²) in [5, 5.41) is 5.18. The summed E-state index contributed by atoms with van der Waals surface area (Å²) in [6.45, 7) is 6.79. The number of hydrogen-bond acceptors (Lipinski definition) is 4. The zero-order valence-electron chi connectivity index (χ0n) is 11.0. The zero-order chi connectivity index (χ0) is 13.4. The van der Waals surface area contributed by atoms with Crippen LogP contribution in [0.5, 0.6) is 0 Å². The van der Waals surface area contributed by atoms with Gasteiger partial charge in [-0.2, -0.15) is 0 Å². The van der Waals surface area contributed by atoms with Crippen LogP contribution in [0.25, 0.3) is 0 Å². The lowest BCUT2D eigenvalue weighted by atomic mass is 10.3. The van der Waals surface area contributed by atoms with Gasteiger partial charge >= 0.3 is 0 Å². The van der Waals surface area contributed by atoms with Gasteiger partial charge in [-0.1, -0.05) is 13.8 Å². The molecule has 0 aromatic carbocycles. The van der Waals surface area contributed by atoms with Gasteiger partial charge in [0.25, 0.3) is 10.0 Å². The van der Waals surface area contributed by atoms with Crippen molar-refractivity contribution in [3.8, 4) is 0 Å². The molecule has 1 saturated carbocycles. The van der Waals surface area contributed by atoms with E-state index in [-0.39, 0.29) is 5.54 Å². The van der Waals surface area contributed by atoms with Gasteiger partial charge in [0, 0.05) is 18.1 Å². The first-order valence-electron chi connectivity index (χ1n) is 6.16. The summed E-state index contributed by atoms with van der Waals surface area (Å²) in [4.78, 5) is 0. The molecule has 0 radical (unpaired) electrons. The van der Waals surface area contributed by atoms with Crippen LogP contribution in [0.3, 0.4) is 0 Å². The molecule has 102 valence electrons. The van der Waals surface area contributed by atoms with Crippen LogP contribution < -0.4 is 10.0 Å². The van der Waals surface area contributed by atoms with Crippen LogP contribution in [0, 0.1) is 0 Å². The maximum absolute atomic E-state index is 12.1. The van der Waals surface area contributed by atoms with Crippen molar-refractivity contribution >= 4 is 21.4 Å². The summed E-state index contributed by atoms with van der Waals surface area (Å²) in [7, 11) is -3.33. The van der Waals surface area contributed by atoms with Gasteiger partial charge < -0.3 is 5.32 Å². The normalized spacial score (nSPS) is 18.2. The Morgan fingerprint density at radius 1 is 1.44 bits per heavy atom. The summed E-state index contributed by atoms with van der Waals surface area (Å²) in [5.74, 6) is 0. The molecule has 1 aliphatic rings. The quantitative estimate of drug-likeness (QED) is 0.842. The number of rotatable bonds is 6. The van der Waals surface area contributed by atoms with Crippen LogP contribution in [-0.4, -0.2) is 20.0 Å². The van der Waals surface area contributed by atoms with Crippen molar-refractivity contribution < 1.29 is 8.42 Å². The summed E-state index contributed by atoms with van der Waals surface area (Å²) in [5.41, 5.74) is 0.814. The Balaban J connectivity index is 2.04. The van der Waals surface area contributed by atoms with E-state index >= 15 is 0 Å². The van der Waals surface area contributed by atoms with Crippen LogP contribution in [-0.2, 0) is 16.6 Å². The van der Waals surface area contributed by atoms with E-state index in [9.17, 15) is 8.42 Å². The van der Waals surface area contributed by atoms with Gasteiger partial charge in [0.1, 0.15) is 4.21 Å². The van der Waals surface area contributed by atoms with Crippen molar-refractivity contribution in [3.63, 3.8) is 0 Å². The molecule has 6 heteroatoms. The Morgan fingerprint density at radius 3 is 2.67 bits per heavy atom. The molecular formula is C12H20N2O2S2. The maximum Gasteiger partial charge on any atom is 0.250 e. The first kappa shape index (κ1) is 14.0. The van der Waals surface area contributed by atoms with Crippen molar-refractivity contribution in [1.29, 1.82) is 0 Å². The van der Waals surface area contributed by atoms with E-state index < -0.39 is 10.0 Å². The van der Waals surface area contributed by atoms with Crippen molar-refractivity contribution in [1.82, 2.24) is 10.0 Å². The Labute approximate surface area is 113 Å². The standard InChI is InChI=1S/C12H20N2O2S2/c1-9(2)13-7-10-6-11(17-8-10)18(15,16)14-12(3)4-5-12/h6,8-9,13-14H,4-5,7H2,1-3H3. The first-order chi connectivity index (χ1) is 8.31. The molecule has 18 heavy (non-hydrogen) atoms. The van der Waals surface area contributed by atoms with Crippen LogP contribution in [0.4, 0.5) is 0 Å². The van der Waals surface area contributed by atoms with Gasteiger partial charge in [-0.25, -0.2) is 13.1 Å². The lowest BCUT2D eigenvalue weighted by Crippen LogP contribution is -2.33. The Kier molecular flexibility index (Phi) is 3.82. The van der Waals surface area contributed by atoms with Crippen molar-refractivity contribution in [2.75, 3.05) is 0 Å². The number of hydrogen-bond donors (Lipinski definition) is 2. The van der Waals surface area contributed by atoms with E-state index in [1.165, 1.54) is 11.3 Å². The van der Waals surface area contributed by atoms with Crippen LogP contribution in [0.2, 0.25) is 0 Å². The second-order valence-electron chi connectivity index (χ2n) is 5.48. The van der Waals surface area contributed by atoms with E-state index in [4.69, 9.17) is 0 Å². The molecule has 1 heterocycles. The second-order valence-corrected chi connectivity index (χ2v) is 8.30. The average molecular weight is 288 g/mol. The highest BCUT2D eigenvalue weighted by Gasteiger charge is 2.41. The minimum atomic E-state index is -3.33. The van der Waals surface area contributed by atoms with E-state index in [0.29, 0.717) is 16.8 Å². The highest BCUT2D eigenvalue weighted by atomic mass is 32.2. The number of nitrogens with one attached hydrogen (secondary N) is 2. The van der Waals surface area contributed by atoms with E-state index in [0.717, 1.165) is 18.4 Å². The van der Waals surface area contributed by atoms with Gasteiger partial charge in [-0.3, -0.25) is 0 Å². The van der Waals surface area contributed by atoms with E-state index in [1.54, 1.807) is 6.07 Å². The molecule has 0 bridgehead atoms. The Bertz CT molecular complexity index is 516. The molecule has 0 atom stereocenters. The number of thiophene rings is 1. The summed E-state index contributed by atoms with van der Waals surface area (Å²) in [6.07, 6.45) is 1.86. The Morgan fingerprint density at radius 2 is 2.11 bits per heavy atom. The number of sulfonamides is 1. The van der Waals surface area contributed by atoms with Gasteiger partial charge in [-0.05, 0) is 36.8 Å². The molecule has 2 rings (SSSR count). The van der Waals surface area contributed by atoms with E-state index in [1.807, 2.05) is 12.3 Å². The molecular weight excluding hydrogens is 268 g/mol. The molecule has 0 saturated heterocycles. The molecule has 0 amide bonds. The fourth-order valence-electron chi connectivity index (χ4n) is 1.57. The second kappa shape index (κ2) is 4.92. The lowest BCUT2D eigenvalue weighted by Gasteiger charge is -2.10. The van der Waals surface area contributed by atoms with Crippen molar-refractivity contribution in [2.45, 2.75) is 55.9 Å². The highest BCUT2D eigenvalue weighted by molar-refractivity contribution is 7.91. The third-order valence-corrected chi connectivity index (χ3v) is 6.12. The monoisotopic (exact) mass is 288 g/mol. The maximum atomic E-state index is 12.1. The predicted molar refractivity (Wildman–Crippen MR) is 74.3 cm³/mol. The molecule has 1 fully saturated rings. The minimum Gasteiger partial charge on any atom is -0.310 e. The Hall–Kier alpha value is -0.430. The van der Waals surface area contributed by atoms with Crippen LogP contribution in [0.15, 0.2) is 15.7 Å². The van der Waals surface area contributed by atoms with Gasteiger partial charge in [0.05, 0.1) is 0 Å². The molecule has 1 aromatic rings. The van der Waals surface area contributed by atoms with E-state index in [2.05, 4.69) is 23.9 Å².